The predicted molar refractivity (Wildman–Crippen MR) is 77.1 cm³/mol. The normalized spacial score (nSPS) is 28.4. The lowest BCUT2D eigenvalue weighted by Gasteiger charge is -2.24. The fourth-order valence-corrected chi connectivity index (χ4v) is 3.79. The van der Waals surface area contributed by atoms with Crippen LogP contribution in [-0.2, 0) is 0 Å². The summed E-state index contributed by atoms with van der Waals surface area (Å²) in [4.78, 5) is 5.08. The summed E-state index contributed by atoms with van der Waals surface area (Å²) in [6.45, 7) is 4.81. The van der Waals surface area contributed by atoms with Crippen molar-refractivity contribution in [3.63, 3.8) is 0 Å². The lowest BCUT2D eigenvalue weighted by molar-refractivity contribution is 0.260. The van der Waals surface area contributed by atoms with E-state index >= 15 is 0 Å². The number of nitrogens with zero attached hydrogens (tertiary/aromatic N) is 4. The van der Waals surface area contributed by atoms with Gasteiger partial charge in [-0.05, 0) is 57.4 Å². The van der Waals surface area contributed by atoms with Crippen LogP contribution >= 0.6 is 12.2 Å². The average molecular weight is 279 g/mol. The van der Waals surface area contributed by atoms with Crippen LogP contribution in [0.25, 0.3) is 0 Å². The molecule has 4 rings (SSSR count). The van der Waals surface area contributed by atoms with Crippen molar-refractivity contribution in [2.75, 3.05) is 31.1 Å². The van der Waals surface area contributed by atoms with E-state index in [0.717, 1.165) is 29.9 Å². The molecular weight excluding hydrogens is 258 g/mol. The maximum atomic E-state index is 5.37. The monoisotopic (exact) mass is 279 g/mol. The van der Waals surface area contributed by atoms with Crippen molar-refractivity contribution in [3.8, 4) is 0 Å². The molecule has 19 heavy (non-hydrogen) atoms. The van der Waals surface area contributed by atoms with Gasteiger partial charge in [-0.3, -0.25) is 9.47 Å². The molecule has 0 radical (unpaired) electrons. The van der Waals surface area contributed by atoms with Crippen LogP contribution in [0, 0.1) is 4.77 Å². The predicted octanol–water partition coefficient (Wildman–Crippen LogP) is 1.95. The fraction of sp³-hybridized carbons (Fsp3) is 0.846. The Labute approximate surface area is 118 Å². The average Bonchev–Trinajstić information content (AvgIpc) is 2.89. The number of aromatic amines is 1. The quantitative estimate of drug-likeness (QED) is 0.859. The summed E-state index contributed by atoms with van der Waals surface area (Å²) < 4.78 is 3.03. The summed E-state index contributed by atoms with van der Waals surface area (Å²) in [6, 6.07) is 1.33. The van der Waals surface area contributed by atoms with Crippen LogP contribution in [0.5, 0.6) is 0 Å². The first kappa shape index (κ1) is 11.9. The van der Waals surface area contributed by atoms with Gasteiger partial charge in [-0.15, -0.1) is 5.10 Å². The van der Waals surface area contributed by atoms with Gasteiger partial charge in [-0.25, -0.2) is 5.10 Å². The van der Waals surface area contributed by atoms with Crippen molar-refractivity contribution in [2.24, 2.45) is 0 Å². The maximum Gasteiger partial charge on any atom is 0.226 e. The highest BCUT2D eigenvalue weighted by Crippen LogP contribution is 2.38. The van der Waals surface area contributed by atoms with Gasteiger partial charge in [0.1, 0.15) is 0 Å². The lowest BCUT2D eigenvalue weighted by Crippen LogP contribution is -2.35. The third kappa shape index (κ3) is 2.10. The van der Waals surface area contributed by atoms with Crippen molar-refractivity contribution in [2.45, 2.75) is 44.2 Å². The van der Waals surface area contributed by atoms with Gasteiger partial charge in [0.2, 0.25) is 5.95 Å². The largest absolute Gasteiger partial charge is 0.339 e. The zero-order valence-electron chi connectivity index (χ0n) is 11.2. The molecule has 3 fully saturated rings. The van der Waals surface area contributed by atoms with Gasteiger partial charge < -0.3 is 4.90 Å². The molecule has 2 saturated heterocycles. The Hall–Kier alpha value is -0.880. The molecule has 1 unspecified atom stereocenters. The molecule has 0 amide bonds. The van der Waals surface area contributed by atoms with Crippen LogP contribution < -0.4 is 4.90 Å². The first-order valence-electron chi connectivity index (χ1n) is 7.49. The van der Waals surface area contributed by atoms with E-state index in [-0.39, 0.29) is 0 Å². The van der Waals surface area contributed by atoms with Crippen LogP contribution in [0.2, 0.25) is 0 Å². The van der Waals surface area contributed by atoms with Gasteiger partial charge >= 0.3 is 0 Å². The van der Waals surface area contributed by atoms with Crippen LogP contribution in [0.15, 0.2) is 0 Å². The second-order valence-corrected chi connectivity index (χ2v) is 6.45. The van der Waals surface area contributed by atoms with Crippen molar-refractivity contribution in [1.82, 2.24) is 19.7 Å². The summed E-state index contributed by atoms with van der Waals surface area (Å²) in [5.74, 6) is 1.08. The highest BCUT2D eigenvalue weighted by Gasteiger charge is 2.34. The number of H-pyrrole nitrogens is 1. The fourth-order valence-electron chi connectivity index (χ4n) is 3.51. The van der Waals surface area contributed by atoms with E-state index in [4.69, 9.17) is 12.2 Å². The Morgan fingerprint density at radius 3 is 2.58 bits per heavy atom. The molecule has 0 bridgehead atoms. The van der Waals surface area contributed by atoms with E-state index in [9.17, 15) is 0 Å². The van der Waals surface area contributed by atoms with Crippen LogP contribution in [0.4, 0.5) is 5.95 Å². The molecule has 1 N–H and O–H groups in total. The van der Waals surface area contributed by atoms with E-state index in [0.29, 0.717) is 6.04 Å². The minimum absolute atomic E-state index is 0.604. The van der Waals surface area contributed by atoms with Crippen LogP contribution in [0.3, 0.4) is 0 Å². The van der Waals surface area contributed by atoms with Crippen molar-refractivity contribution in [3.05, 3.63) is 4.77 Å². The van der Waals surface area contributed by atoms with E-state index in [1.54, 1.807) is 0 Å². The lowest BCUT2D eigenvalue weighted by atomic mass is 10.2. The topological polar surface area (TPSA) is 40.1 Å². The number of hydrogen-bond donors (Lipinski definition) is 1. The molecule has 1 aromatic heterocycles. The Morgan fingerprint density at radius 1 is 1.05 bits per heavy atom. The van der Waals surface area contributed by atoms with E-state index in [1.807, 2.05) is 0 Å². The number of aromatic nitrogens is 3. The Morgan fingerprint density at radius 2 is 1.84 bits per heavy atom. The molecule has 1 atom stereocenters. The third-order valence-corrected chi connectivity index (χ3v) is 4.99. The highest BCUT2D eigenvalue weighted by atomic mass is 32.1. The first-order valence-corrected chi connectivity index (χ1v) is 7.89. The minimum Gasteiger partial charge on any atom is -0.339 e. The summed E-state index contributed by atoms with van der Waals surface area (Å²) in [5.41, 5.74) is 0. The Bertz CT molecular complexity index is 511. The standard InChI is InChI=1S/C13H21N5S/c19-13-15-14-12(18(13)10-3-4-10)17-8-5-11(9-17)16-6-1-2-7-16/h10-11H,1-9H2,(H,15,19). The third-order valence-electron chi connectivity index (χ3n) is 4.70. The molecule has 0 aromatic carbocycles. The van der Waals surface area contributed by atoms with Crippen LogP contribution in [-0.4, -0.2) is 51.9 Å². The molecule has 1 aliphatic carbocycles. The summed E-state index contributed by atoms with van der Waals surface area (Å²) >= 11 is 5.37. The van der Waals surface area contributed by atoms with Gasteiger partial charge in [-0.2, -0.15) is 0 Å². The SMILES string of the molecule is S=c1[nH]nc(N2CCC(N3CCCC3)C2)n1C1CC1. The Kier molecular flexibility index (Phi) is 2.88. The van der Waals surface area contributed by atoms with E-state index in [2.05, 4.69) is 24.6 Å². The van der Waals surface area contributed by atoms with Gasteiger partial charge in [-0.1, -0.05) is 0 Å². The maximum absolute atomic E-state index is 5.37. The molecule has 104 valence electrons. The van der Waals surface area contributed by atoms with Gasteiger partial charge in [0, 0.05) is 25.2 Å². The second-order valence-electron chi connectivity index (χ2n) is 6.06. The van der Waals surface area contributed by atoms with Crippen molar-refractivity contribution >= 4 is 18.2 Å². The van der Waals surface area contributed by atoms with Crippen molar-refractivity contribution < 1.29 is 0 Å². The highest BCUT2D eigenvalue weighted by molar-refractivity contribution is 7.71. The molecule has 2 aliphatic heterocycles. The minimum atomic E-state index is 0.604. The summed E-state index contributed by atoms with van der Waals surface area (Å²) in [6.07, 6.45) is 6.52. The summed E-state index contributed by atoms with van der Waals surface area (Å²) in [5, 5.41) is 7.45. The smallest absolute Gasteiger partial charge is 0.226 e. The first-order chi connectivity index (χ1) is 9.33. The van der Waals surface area contributed by atoms with E-state index in [1.165, 1.54) is 45.2 Å². The number of anilines is 1. The number of likely N-dealkylation sites (tertiary alicyclic amines) is 1. The molecule has 5 nitrogen and oxygen atoms in total. The molecule has 3 aliphatic rings. The van der Waals surface area contributed by atoms with Gasteiger partial charge in [0.25, 0.3) is 0 Å². The van der Waals surface area contributed by atoms with Gasteiger partial charge in [0.15, 0.2) is 4.77 Å². The van der Waals surface area contributed by atoms with Crippen LogP contribution in [0.1, 0.15) is 38.1 Å². The summed E-state index contributed by atoms with van der Waals surface area (Å²) in [7, 11) is 0. The number of nitrogens with one attached hydrogen (secondary N) is 1. The molecule has 6 heteroatoms. The number of rotatable bonds is 3. The van der Waals surface area contributed by atoms with Crippen molar-refractivity contribution in [1.29, 1.82) is 0 Å². The molecule has 1 aromatic rings. The van der Waals surface area contributed by atoms with E-state index < -0.39 is 0 Å². The zero-order valence-corrected chi connectivity index (χ0v) is 12.0. The molecule has 3 heterocycles. The Balaban J connectivity index is 1.52. The molecule has 0 spiro atoms. The zero-order chi connectivity index (χ0) is 12.8. The molecular formula is C13H21N5S. The van der Waals surface area contributed by atoms with Gasteiger partial charge in [0.05, 0.1) is 0 Å². The number of hydrogen-bond acceptors (Lipinski definition) is 4. The molecule has 1 saturated carbocycles. The second kappa shape index (κ2) is 4.59.